The van der Waals surface area contributed by atoms with Crippen molar-refractivity contribution in [2.45, 2.75) is 25.3 Å². The third-order valence-corrected chi connectivity index (χ3v) is 4.16. The number of carbonyl (C=O) groups is 1. The Morgan fingerprint density at radius 1 is 1.42 bits per heavy atom. The number of carbonyl (C=O) groups excluding carboxylic acids is 1. The lowest BCUT2D eigenvalue weighted by Crippen LogP contribution is -2.39. The number of rotatable bonds is 4. The van der Waals surface area contributed by atoms with Crippen LogP contribution >= 0.6 is 23.2 Å². The van der Waals surface area contributed by atoms with Gasteiger partial charge in [0.25, 0.3) is 0 Å². The molecule has 104 valence electrons. The van der Waals surface area contributed by atoms with Gasteiger partial charge in [0, 0.05) is 19.6 Å². The maximum atomic E-state index is 12.1. The van der Waals surface area contributed by atoms with Crippen LogP contribution in [0.4, 0.5) is 0 Å². The van der Waals surface area contributed by atoms with Crippen LogP contribution in [-0.2, 0) is 11.2 Å². The molecule has 1 atom stereocenters. The Bertz CT molecular complexity index is 459. The van der Waals surface area contributed by atoms with E-state index in [2.05, 4.69) is 5.32 Å². The number of nitrogens with zero attached hydrogens (tertiary/aromatic N) is 1. The number of hydrogen-bond acceptors (Lipinski definition) is 2. The van der Waals surface area contributed by atoms with Gasteiger partial charge in [0.2, 0.25) is 5.91 Å². The number of benzene rings is 1. The van der Waals surface area contributed by atoms with Crippen molar-refractivity contribution in [3.05, 3.63) is 33.8 Å². The van der Waals surface area contributed by atoms with Gasteiger partial charge >= 0.3 is 0 Å². The second kappa shape index (κ2) is 6.60. The van der Waals surface area contributed by atoms with Crippen LogP contribution in [0.15, 0.2) is 18.2 Å². The molecule has 0 bridgehead atoms. The predicted octanol–water partition coefficient (Wildman–Crippen LogP) is 2.75. The van der Waals surface area contributed by atoms with Gasteiger partial charge in [-0.3, -0.25) is 4.79 Å². The van der Waals surface area contributed by atoms with Crippen LogP contribution in [0.1, 0.15) is 18.4 Å². The summed E-state index contributed by atoms with van der Waals surface area (Å²) in [6.45, 7) is 1.82. The summed E-state index contributed by atoms with van der Waals surface area (Å²) in [5.41, 5.74) is 0.894. The van der Waals surface area contributed by atoms with Gasteiger partial charge in [-0.05, 0) is 37.1 Å². The van der Waals surface area contributed by atoms with Gasteiger partial charge < -0.3 is 10.2 Å². The normalized spacial score (nSPS) is 18.6. The third-order valence-electron chi connectivity index (χ3n) is 3.42. The molecule has 1 aliphatic rings. The summed E-state index contributed by atoms with van der Waals surface area (Å²) in [4.78, 5) is 13.9. The highest BCUT2D eigenvalue weighted by atomic mass is 35.5. The van der Waals surface area contributed by atoms with Gasteiger partial charge in [-0.2, -0.15) is 0 Å². The molecule has 2 rings (SSSR count). The van der Waals surface area contributed by atoms with Crippen LogP contribution < -0.4 is 5.32 Å². The summed E-state index contributed by atoms with van der Waals surface area (Å²) >= 11 is 11.8. The highest BCUT2D eigenvalue weighted by Gasteiger charge is 2.18. The quantitative estimate of drug-likeness (QED) is 0.927. The third kappa shape index (κ3) is 4.10. The summed E-state index contributed by atoms with van der Waals surface area (Å²) < 4.78 is 0. The predicted molar refractivity (Wildman–Crippen MR) is 78.8 cm³/mol. The molecule has 1 aromatic carbocycles. The summed E-state index contributed by atoms with van der Waals surface area (Å²) in [6.07, 6.45) is 2.70. The van der Waals surface area contributed by atoms with Crippen molar-refractivity contribution < 1.29 is 4.79 Å². The Morgan fingerprint density at radius 2 is 2.21 bits per heavy atom. The molecule has 1 aliphatic heterocycles. The van der Waals surface area contributed by atoms with Crippen LogP contribution in [0.3, 0.4) is 0 Å². The van der Waals surface area contributed by atoms with Crippen molar-refractivity contribution in [3.63, 3.8) is 0 Å². The fourth-order valence-electron chi connectivity index (χ4n) is 2.30. The van der Waals surface area contributed by atoms with E-state index in [0.717, 1.165) is 25.1 Å². The summed E-state index contributed by atoms with van der Waals surface area (Å²) in [5.74, 6) is 0.104. The van der Waals surface area contributed by atoms with Crippen molar-refractivity contribution in [2.24, 2.45) is 0 Å². The second-order valence-electron chi connectivity index (χ2n) is 4.99. The minimum absolute atomic E-state index is 0.104. The molecule has 0 aromatic heterocycles. The molecular weight excluding hydrogens is 283 g/mol. The van der Waals surface area contributed by atoms with Gasteiger partial charge in [0.05, 0.1) is 16.5 Å². The van der Waals surface area contributed by atoms with E-state index in [0.29, 0.717) is 22.5 Å². The van der Waals surface area contributed by atoms with E-state index in [1.165, 1.54) is 6.42 Å². The minimum Gasteiger partial charge on any atom is -0.344 e. The second-order valence-corrected chi connectivity index (χ2v) is 5.81. The Hall–Kier alpha value is -0.770. The maximum Gasteiger partial charge on any atom is 0.226 e. The zero-order valence-electron chi connectivity index (χ0n) is 11.0. The number of likely N-dealkylation sites (N-methyl/N-ethyl adjacent to an activating group) is 1. The molecule has 0 spiro atoms. The Balaban J connectivity index is 1.90. The molecule has 1 N–H and O–H groups in total. The smallest absolute Gasteiger partial charge is 0.226 e. The Labute approximate surface area is 123 Å². The summed E-state index contributed by atoms with van der Waals surface area (Å²) in [6, 6.07) is 5.75. The zero-order chi connectivity index (χ0) is 13.8. The molecule has 0 radical (unpaired) electrons. The van der Waals surface area contributed by atoms with Crippen molar-refractivity contribution in [1.82, 2.24) is 10.2 Å². The van der Waals surface area contributed by atoms with Crippen LogP contribution in [0.25, 0.3) is 0 Å². The molecule has 1 heterocycles. The van der Waals surface area contributed by atoms with E-state index in [-0.39, 0.29) is 5.91 Å². The molecule has 3 nitrogen and oxygen atoms in total. The van der Waals surface area contributed by atoms with Gasteiger partial charge in [-0.25, -0.2) is 0 Å². The van der Waals surface area contributed by atoms with E-state index >= 15 is 0 Å². The first-order valence-electron chi connectivity index (χ1n) is 6.47. The number of hydrogen-bond donors (Lipinski definition) is 1. The lowest BCUT2D eigenvalue weighted by molar-refractivity contribution is -0.129. The van der Waals surface area contributed by atoms with Gasteiger partial charge in [0.1, 0.15) is 0 Å². The lowest BCUT2D eigenvalue weighted by Gasteiger charge is -2.21. The lowest BCUT2D eigenvalue weighted by atomic mass is 10.1. The van der Waals surface area contributed by atoms with Crippen molar-refractivity contribution in [1.29, 1.82) is 0 Å². The van der Waals surface area contributed by atoms with Crippen LogP contribution in [0, 0.1) is 0 Å². The van der Waals surface area contributed by atoms with Gasteiger partial charge in [-0.15, -0.1) is 0 Å². The van der Waals surface area contributed by atoms with Crippen LogP contribution in [0.5, 0.6) is 0 Å². The van der Waals surface area contributed by atoms with Gasteiger partial charge in [0.15, 0.2) is 0 Å². The van der Waals surface area contributed by atoms with Crippen LogP contribution in [0.2, 0.25) is 10.0 Å². The van der Waals surface area contributed by atoms with E-state index in [9.17, 15) is 4.79 Å². The molecule has 1 fully saturated rings. The van der Waals surface area contributed by atoms with Crippen LogP contribution in [-0.4, -0.2) is 37.0 Å². The molecule has 0 aliphatic carbocycles. The van der Waals surface area contributed by atoms with E-state index in [4.69, 9.17) is 23.2 Å². The topological polar surface area (TPSA) is 32.3 Å². The zero-order valence-corrected chi connectivity index (χ0v) is 12.5. The average Bonchev–Trinajstić information content (AvgIpc) is 2.86. The van der Waals surface area contributed by atoms with E-state index < -0.39 is 0 Å². The summed E-state index contributed by atoms with van der Waals surface area (Å²) in [7, 11) is 1.85. The molecule has 19 heavy (non-hydrogen) atoms. The summed E-state index contributed by atoms with van der Waals surface area (Å²) in [5, 5.41) is 4.40. The number of halogens is 2. The van der Waals surface area contributed by atoms with Crippen molar-refractivity contribution >= 4 is 29.1 Å². The largest absolute Gasteiger partial charge is 0.344 e. The van der Waals surface area contributed by atoms with Gasteiger partial charge in [-0.1, -0.05) is 29.3 Å². The Kier molecular flexibility index (Phi) is 5.08. The fraction of sp³-hybridized carbons (Fsp3) is 0.500. The van der Waals surface area contributed by atoms with Crippen molar-refractivity contribution in [3.8, 4) is 0 Å². The maximum absolute atomic E-state index is 12.1. The monoisotopic (exact) mass is 300 g/mol. The molecular formula is C14H18Cl2N2O. The first kappa shape index (κ1) is 14.6. The molecule has 1 aromatic rings. The SMILES string of the molecule is CN(CC1CCCN1)C(=O)Cc1ccc(Cl)c(Cl)c1. The number of nitrogens with one attached hydrogen (secondary N) is 1. The fourth-order valence-corrected chi connectivity index (χ4v) is 2.62. The molecule has 5 heteroatoms. The highest BCUT2D eigenvalue weighted by molar-refractivity contribution is 6.42. The Morgan fingerprint density at radius 3 is 2.84 bits per heavy atom. The van der Waals surface area contributed by atoms with Crippen molar-refractivity contribution in [2.75, 3.05) is 20.1 Å². The molecule has 1 amide bonds. The van der Waals surface area contributed by atoms with E-state index in [1.54, 1.807) is 17.0 Å². The van der Waals surface area contributed by atoms with E-state index in [1.807, 2.05) is 13.1 Å². The first-order chi connectivity index (χ1) is 9.06. The number of amides is 1. The molecule has 1 unspecified atom stereocenters. The molecule has 1 saturated heterocycles. The highest BCUT2D eigenvalue weighted by Crippen LogP contribution is 2.23. The first-order valence-corrected chi connectivity index (χ1v) is 7.23. The molecule has 0 saturated carbocycles. The minimum atomic E-state index is 0.104. The standard InChI is InChI=1S/C14H18Cl2N2O/c1-18(9-11-3-2-6-17-11)14(19)8-10-4-5-12(15)13(16)7-10/h4-5,7,11,17H,2-3,6,8-9H2,1H3. The average molecular weight is 301 g/mol.